The van der Waals surface area contributed by atoms with Crippen molar-refractivity contribution < 1.29 is 4.79 Å². The predicted octanol–water partition coefficient (Wildman–Crippen LogP) is 3.14. The van der Waals surface area contributed by atoms with Gasteiger partial charge in [0.25, 0.3) is 0 Å². The second kappa shape index (κ2) is 6.33. The number of fused-ring (bicyclic) bond motifs is 2. The molecule has 1 atom stereocenters. The van der Waals surface area contributed by atoms with Gasteiger partial charge in [0.15, 0.2) is 0 Å². The number of aromatic nitrogens is 2. The van der Waals surface area contributed by atoms with E-state index in [4.69, 9.17) is 0 Å². The lowest BCUT2D eigenvalue weighted by molar-refractivity contribution is -0.116. The molecule has 1 unspecified atom stereocenters. The van der Waals surface area contributed by atoms with Crippen molar-refractivity contribution in [1.29, 1.82) is 0 Å². The van der Waals surface area contributed by atoms with Gasteiger partial charge in [0.1, 0.15) is 11.7 Å². The standard InChI is InChI=1S/C20H22N4O/c1-24(2)11-5-6-13-9-10-16-17(12-13)22-19(21-16)18-14-7-3-4-8-15(14)23-20(18)25/h3-4,7-10,12,18H,5-6,11H2,1-2H3,(H,21,22)(H,23,25). The first-order valence-electron chi connectivity index (χ1n) is 8.65. The molecule has 3 aromatic rings. The molecule has 4 rings (SSSR count). The highest BCUT2D eigenvalue weighted by Crippen LogP contribution is 2.36. The number of nitrogens with zero attached hydrogens (tertiary/aromatic N) is 2. The first-order valence-corrected chi connectivity index (χ1v) is 8.65. The number of aromatic amines is 1. The molecule has 1 aromatic heterocycles. The fourth-order valence-corrected chi connectivity index (χ4v) is 3.45. The number of aryl methyl sites for hydroxylation is 1. The molecule has 128 valence electrons. The number of nitrogens with one attached hydrogen (secondary N) is 2. The summed E-state index contributed by atoms with van der Waals surface area (Å²) in [4.78, 5) is 22.6. The Hall–Kier alpha value is -2.66. The number of carbonyl (C=O) groups is 1. The SMILES string of the molecule is CN(C)CCCc1ccc2nc(C3C(=O)Nc4ccccc43)[nH]c2c1. The van der Waals surface area contributed by atoms with Crippen molar-refractivity contribution in [3.05, 3.63) is 59.4 Å². The topological polar surface area (TPSA) is 61.0 Å². The molecule has 0 fully saturated rings. The molecule has 25 heavy (non-hydrogen) atoms. The van der Waals surface area contributed by atoms with E-state index in [-0.39, 0.29) is 11.8 Å². The average molecular weight is 334 g/mol. The number of hydrogen-bond donors (Lipinski definition) is 2. The number of benzene rings is 2. The summed E-state index contributed by atoms with van der Waals surface area (Å²) >= 11 is 0. The zero-order chi connectivity index (χ0) is 17.4. The maximum atomic E-state index is 12.4. The normalized spacial score (nSPS) is 16.4. The van der Waals surface area contributed by atoms with Crippen LogP contribution in [0.15, 0.2) is 42.5 Å². The lowest BCUT2D eigenvalue weighted by Crippen LogP contribution is -2.14. The van der Waals surface area contributed by atoms with Crippen molar-refractivity contribution in [2.75, 3.05) is 26.0 Å². The summed E-state index contributed by atoms with van der Waals surface area (Å²) in [7, 11) is 4.18. The zero-order valence-electron chi connectivity index (χ0n) is 14.5. The highest BCUT2D eigenvalue weighted by Gasteiger charge is 2.33. The van der Waals surface area contributed by atoms with E-state index in [1.54, 1.807) is 0 Å². The van der Waals surface area contributed by atoms with Crippen LogP contribution in [-0.4, -0.2) is 41.4 Å². The van der Waals surface area contributed by atoms with Crippen LogP contribution in [0.1, 0.15) is 29.3 Å². The Labute approximate surface area is 147 Å². The summed E-state index contributed by atoms with van der Waals surface area (Å²) in [6, 6.07) is 14.1. The highest BCUT2D eigenvalue weighted by molar-refractivity contribution is 6.04. The van der Waals surface area contributed by atoms with E-state index in [0.29, 0.717) is 5.82 Å². The number of hydrogen-bond acceptors (Lipinski definition) is 3. The number of H-pyrrole nitrogens is 1. The Balaban J connectivity index is 1.62. The van der Waals surface area contributed by atoms with Crippen molar-refractivity contribution in [1.82, 2.24) is 14.9 Å². The van der Waals surface area contributed by atoms with E-state index in [2.05, 4.69) is 46.4 Å². The molecule has 0 saturated heterocycles. The molecule has 1 aliphatic heterocycles. The summed E-state index contributed by atoms with van der Waals surface area (Å²) in [6.45, 7) is 1.07. The summed E-state index contributed by atoms with van der Waals surface area (Å²) in [5, 5.41) is 2.94. The van der Waals surface area contributed by atoms with Crippen LogP contribution in [0.25, 0.3) is 11.0 Å². The summed E-state index contributed by atoms with van der Waals surface area (Å²) < 4.78 is 0. The third kappa shape index (κ3) is 3.03. The van der Waals surface area contributed by atoms with Crippen LogP contribution in [0, 0.1) is 0 Å². The second-order valence-corrected chi connectivity index (χ2v) is 6.89. The molecule has 0 aliphatic carbocycles. The molecular weight excluding hydrogens is 312 g/mol. The van der Waals surface area contributed by atoms with Gasteiger partial charge in [-0.3, -0.25) is 4.79 Å². The molecule has 2 N–H and O–H groups in total. The first-order chi connectivity index (χ1) is 12.1. The van der Waals surface area contributed by atoms with Gasteiger partial charge in [-0.2, -0.15) is 0 Å². The molecule has 0 saturated carbocycles. The quantitative estimate of drug-likeness (QED) is 0.753. The third-order valence-corrected chi connectivity index (χ3v) is 4.70. The maximum absolute atomic E-state index is 12.4. The smallest absolute Gasteiger partial charge is 0.239 e. The van der Waals surface area contributed by atoms with E-state index in [9.17, 15) is 4.79 Å². The van der Waals surface area contributed by atoms with Gasteiger partial charge in [-0.15, -0.1) is 0 Å². The van der Waals surface area contributed by atoms with Gasteiger partial charge in [0, 0.05) is 5.69 Å². The average Bonchev–Trinajstić information content (AvgIpc) is 3.13. The largest absolute Gasteiger partial charge is 0.341 e. The number of rotatable bonds is 5. The molecule has 0 radical (unpaired) electrons. The maximum Gasteiger partial charge on any atom is 0.239 e. The van der Waals surface area contributed by atoms with Crippen molar-refractivity contribution in [3.63, 3.8) is 0 Å². The van der Waals surface area contributed by atoms with Gasteiger partial charge in [-0.25, -0.2) is 4.98 Å². The lowest BCUT2D eigenvalue weighted by Gasteiger charge is -2.08. The van der Waals surface area contributed by atoms with Crippen LogP contribution in [0.4, 0.5) is 5.69 Å². The molecule has 0 spiro atoms. The summed E-state index contributed by atoms with van der Waals surface area (Å²) in [6.07, 6.45) is 2.16. The van der Waals surface area contributed by atoms with Gasteiger partial charge in [0.2, 0.25) is 5.91 Å². The van der Waals surface area contributed by atoms with E-state index < -0.39 is 0 Å². The molecule has 5 nitrogen and oxygen atoms in total. The van der Waals surface area contributed by atoms with E-state index >= 15 is 0 Å². The predicted molar refractivity (Wildman–Crippen MR) is 99.9 cm³/mol. The van der Waals surface area contributed by atoms with E-state index in [1.807, 2.05) is 30.3 Å². The number of para-hydroxylation sites is 1. The van der Waals surface area contributed by atoms with Crippen LogP contribution in [0.5, 0.6) is 0 Å². The van der Waals surface area contributed by atoms with E-state index in [0.717, 1.165) is 41.7 Å². The first kappa shape index (κ1) is 15.8. The van der Waals surface area contributed by atoms with Gasteiger partial charge < -0.3 is 15.2 Å². The van der Waals surface area contributed by atoms with Crippen molar-refractivity contribution in [2.24, 2.45) is 0 Å². The Morgan fingerprint density at radius 2 is 2.00 bits per heavy atom. The molecule has 1 amide bonds. The lowest BCUT2D eigenvalue weighted by atomic mass is 10.0. The molecular formula is C20H22N4O. The fourth-order valence-electron chi connectivity index (χ4n) is 3.45. The van der Waals surface area contributed by atoms with Crippen molar-refractivity contribution >= 4 is 22.6 Å². The van der Waals surface area contributed by atoms with Crippen molar-refractivity contribution in [3.8, 4) is 0 Å². The minimum absolute atomic E-state index is 0.0218. The minimum atomic E-state index is -0.360. The Kier molecular flexibility index (Phi) is 4.01. The summed E-state index contributed by atoms with van der Waals surface area (Å²) in [5.74, 6) is 0.329. The Morgan fingerprint density at radius 3 is 2.84 bits per heavy atom. The second-order valence-electron chi connectivity index (χ2n) is 6.89. The van der Waals surface area contributed by atoms with Gasteiger partial charge in [-0.1, -0.05) is 24.3 Å². The van der Waals surface area contributed by atoms with Gasteiger partial charge in [0.05, 0.1) is 11.0 Å². The molecule has 2 heterocycles. The third-order valence-electron chi connectivity index (χ3n) is 4.70. The van der Waals surface area contributed by atoms with Crippen molar-refractivity contribution in [2.45, 2.75) is 18.8 Å². The van der Waals surface area contributed by atoms with Crippen LogP contribution < -0.4 is 5.32 Å². The Bertz CT molecular complexity index is 928. The number of imidazole rings is 1. The number of anilines is 1. The van der Waals surface area contributed by atoms with Gasteiger partial charge in [-0.05, 0) is 62.8 Å². The minimum Gasteiger partial charge on any atom is -0.341 e. The van der Waals surface area contributed by atoms with Crippen LogP contribution in [0.2, 0.25) is 0 Å². The summed E-state index contributed by atoms with van der Waals surface area (Å²) in [5.41, 5.74) is 5.05. The molecule has 2 aromatic carbocycles. The van der Waals surface area contributed by atoms with Gasteiger partial charge >= 0.3 is 0 Å². The fraction of sp³-hybridized carbons (Fsp3) is 0.300. The number of amides is 1. The Morgan fingerprint density at radius 1 is 1.16 bits per heavy atom. The zero-order valence-corrected chi connectivity index (χ0v) is 14.5. The van der Waals surface area contributed by atoms with Crippen LogP contribution >= 0.6 is 0 Å². The molecule has 1 aliphatic rings. The van der Waals surface area contributed by atoms with Crippen LogP contribution in [0.3, 0.4) is 0 Å². The highest BCUT2D eigenvalue weighted by atomic mass is 16.2. The number of carbonyl (C=O) groups excluding carboxylic acids is 1. The van der Waals surface area contributed by atoms with E-state index in [1.165, 1.54) is 5.56 Å². The van der Waals surface area contributed by atoms with Crippen LogP contribution in [-0.2, 0) is 11.2 Å². The molecule has 0 bridgehead atoms. The molecule has 5 heteroatoms. The monoisotopic (exact) mass is 334 g/mol.